The first-order chi connectivity index (χ1) is 8.77. The van der Waals surface area contributed by atoms with Gasteiger partial charge < -0.3 is 10.2 Å². The maximum atomic E-state index is 11.7. The molecule has 1 aliphatic rings. The summed E-state index contributed by atoms with van der Waals surface area (Å²) in [5.74, 6) is 0.188. The third-order valence-corrected chi connectivity index (χ3v) is 3.10. The van der Waals surface area contributed by atoms with E-state index in [1.807, 2.05) is 23.1 Å². The third-order valence-electron chi connectivity index (χ3n) is 3.10. The third kappa shape index (κ3) is 3.32. The topological polar surface area (TPSA) is 49.4 Å². The number of carbonyl (C=O) groups is 2. The number of amides is 2. The smallest absolute Gasteiger partial charge is 0.251 e. The van der Waals surface area contributed by atoms with Crippen molar-refractivity contribution < 1.29 is 9.59 Å². The largest absolute Gasteiger partial charge is 0.352 e. The average Bonchev–Trinajstić information content (AvgIpc) is 2.81. The Bertz CT molecular complexity index is 417. The molecular weight excluding hydrogens is 228 g/mol. The molecular formula is C14H18N2O2. The molecule has 0 radical (unpaired) electrons. The first kappa shape index (κ1) is 12.6. The maximum absolute atomic E-state index is 11.7. The highest BCUT2D eigenvalue weighted by molar-refractivity contribution is 5.94. The van der Waals surface area contributed by atoms with Gasteiger partial charge in [-0.25, -0.2) is 0 Å². The van der Waals surface area contributed by atoms with Crippen LogP contribution in [-0.2, 0) is 4.79 Å². The minimum atomic E-state index is -0.0525. The minimum absolute atomic E-state index is 0.0525. The van der Waals surface area contributed by atoms with Crippen molar-refractivity contribution in [2.75, 3.05) is 19.6 Å². The summed E-state index contributed by atoms with van der Waals surface area (Å²) in [5, 5.41) is 2.86. The van der Waals surface area contributed by atoms with Crippen molar-refractivity contribution in [2.45, 2.75) is 19.3 Å². The van der Waals surface area contributed by atoms with Crippen LogP contribution in [0.25, 0.3) is 0 Å². The summed E-state index contributed by atoms with van der Waals surface area (Å²) in [6.45, 7) is 2.22. The molecule has 0 spiro atoms. The number of nitrogens with zero attached hydrogens (tertiary/aromatic N) is 1. The van der Waals surface area contributed by atoms with Crippen LogP contribution < -0.4 is 5.32 Å². The van der Waals surface area contributed by atoms with Crippen LogP contribution in [0.1, 0.15) is 29.6 Å². The van der Waals surface area contributed by atoms with Crippen molar-refractivity contribution in [1.82, 2.24) is 10.2 Å². The molecule has 18 heavy (non-hydrogen) atoms. The minimum Gasteiger partial charge on any atom is -0.352 e. The Kier molecular flexibility index (Phi) is 4.34. The molecule has 1 fully saturated rings. The van der Waals surface area contributed by atoms with Gasteiger partial charge in [0.15, 0.2) is 0 Å². The molecule has 0 saturated carbocycles. The standard InChI is InChI=1S/C14H18N2O2/c17-13-8-4-10-16(13)11-5-9-15-14(18)12-6-2-1-3-7-12/h1-3,6-7H,4-5,8-11H2,(H,15,18). The van der Waals surface area contributed by atoms with Crippen LogP contribution in [0.4, 0.5) is 0 Å². The molecule has 1 saturated heterocycles. The van der Waals surface area contributed by atoms with E-state index >= 15 is 0 Å². The quantitative estimate of drug-likeness (QED) is 0.799. The number of nitrogens with one attached hydrogen (secondary N) is 1. The Labute approximate surface area is 107 Å². The Morgan fingerprint density at radius 1 is 1.28 bits per heavy atom. The Morgan fingerprint density at radius 2 is 2.06 bits per heavy atom. The Morgan fingerprint density at radius 3 is 2.72 bits per heavy atom. The Balaban J connectivity index is 1.66. The molecule has 1 aliphatic heterocycles. The summed E-state index contributed by atoms with van der Waals surface area (Å²) < 4.78 is 0. The van der Waals surface area contributed by atoms with E-state index in [1.54, 1.807) is 12.1 Å². The Hall–Kier alpha value is -1.84. The second kappa shape index (κ2) is 6.19. The van der Waals surface area contributed by atoms with Crippen LogP contribution >= 0.6 is 0 Å². The van der Waals surface area contributed by atoms with E-state index in [0.29, 0.717) is 18.5 Å². The molecule has 0 bridgehead atoms. The number of likely N-dealkylation sites (tertiary alicyclic amines) is 1. The predicted molar refractivity (Wildman–Crippen MR) is 69.2 cm³/mol. The molecule has 1 N–H and O–H groups in total. The van der Waals surface area contributed by atoms with E-state index in [2.05, 4.69) is 5.32 Å². The van der Waals surface area contributed by atoms with Crippen LogP contribution in [0.5, 0.6) is 0 Å². The highest BCUT2D eigenvalue weighted by Crippen LogP contribution is 2.09. The summed E-state index contributed by atoms with van der Waals surface area (Å²) >= 11 is 0. The monoisotopic (exact) mass is 246 g/mol. The highest BCUT2D eigenvalue weighted by atomic mass is 16.2. The van der Waals surface area contributed by atoms with E-state index < -0.39 is 0 Å². The molecule has 0 aliphatic carbocycles. The molecule has 2 rings (SSSR count). The van der Waals surface area contributed by atoms with Crippen molar-refractivity contribution in [1.29, 1.82) is 0 Å². The van der Waals surface area contributed by atoms with Crippen LogP contribution in [0.15, 0.2) is 30.3 Å². The van der Waals surface area contributed by atoms with Gasteiger partial charge in [0, 0.05) is 31.6 Å². The van der Waals surface area contributed by atoms with Gasteiger partial charge in [0.2, 0.25) is 5.91 Å². The van der Waals surface area contributed by atoms with Gasteiger partial charge in [-0.2, -0.15) is 0 Å². The summed E-state index contributed by atoms with van der Waals surface area (Å²) in [7, 11) is 0. The molecule has 1 aromatic carbocycles. The van der Waals surface area contributed by atoms with Crippen LogP contribution in [0, 0.1) is 0 Å². The fourth-order valence-electron chi connectivity index (χ4n) is 2.10. The molecule has 1 heterocycles. The van der Waals surface area contributed by atoms with Gasteiger partial charge >= 0.3 is 0 Å². The summed E-state index contributed by atoms with van der Waals surface area (Å²) in [4.78, 5) is 24.9. The zero-order valence-electron chi connectivity index (χ0n) is 10.4. The van der Waals surface area contributed by atoms with Crippen molar-refractivity contribution in [3.05, 3.63) is 35.9 Å². The SMILES string of the molecule is O=C(NCCCN1CCCC1=O)c1ccccc1. The maximum Gasteiger partial charge on any atom is 0.251 e. The lowest BCUT2D eigenvalue weighted by Crippen LogP contribution is -2.30. The predicted octanol–water partition coefficient (Wildman–Crippen LogP) is 1.43. The fourth-order valence-corrected chi connectivity index (χ4v) is 2.10. The van der Waals surface area contributed by atoms with Gasteiger partial charge in [0.05, 0.1) is 0 Å². The van der Waals surface area contributed by atoms with Gasteiger partial charge in [-0.3, -0.25) is 9.59 Å². The zero-order chi connectivity index (χ0) is 12.8. The van der Waals surface area contributed by atoms with Crippen molar-refractivity contribution >= 4 is 11.8 Å². The van der Waals surface area contributed by atoms with Crippen molar-refractivity contribution in [3.63, 3.8) is 0 Å². The summed E-state index contributed by atoms with van der Waals surface area (Å²) in [6.07, 6.45) is 2.45. The van der Waals surface area contributed by atoms with Crippen molar-refractivity contribution in [2.24, 2.45) is 0 Å². The van der Waals surface area contributed by atoms with E-state index in [4.69, 9.17) is 0 Å². The van der Waals surface area contributed by atoms with Gasteiger partial charge in [-0.1, -0.05) is 18.2 Å². The van der Waals surface area contributed by atoms with E-state index in [9.17, 15) is 9.59 Å². The van der Waals surface area contributed by atoms with Crippen LogP contribution in [0.3, 0.4) is 0 Å². The molecule has 2 amide bonds. The van der Waals surface area contributed by atoms with E-state index in [1.165, 1.54) is 0 Å². The second-order valence-corrected chi connectivity index (χ2v) is 4.46. The number of hydrogen-bond acceptors (Lipinski definition) is 2. The lowest BCUT2D eigenvalue weighted by atomic mass is 10.2. The molecule has 4 nitrogen and oxygen atoms in total. The molecule has 96 valence electrons. The normalized spacial score (nSPS) is 14.9. The van der Waals surface area contributed by atoms with E-state index in [-0.39, 0.29) is 11.8 Å². The second-order valence-electron chi connectivity index (χ2n) is 4.46. The molecule has 0 aromatic heterocycles. The summed E-state index contributed by atoms with van der Waals surface area (Å²) in [5.41, 5.74) is 0.676. The molecule has 1 aromatic rings. The average molecular weight is 246 g/mol. The van der Waals surface area contributed by atoms with Gasteiger partial charge in [-0.05, 0) is 25.0 Å². The number of hydrogen-bond donors (Lipinski definition) is 1. The highest BCUT2D eigenvalue weighted by Gasteiger charge is 2.18. The number of benzene rings is 1. The molecule has 0 atom stereocenters. The van der Waals surface area contributed by atoms with Crippen LogP contribution in [-0.4, -0.2) is 36.3 Å². The first-order valence-electron chi connectivity index (χ1n) is 6.38. The molecule has 0 unspecified atom stereocenters. The van der Waals surface area contributed by atoms with Crippen LogP contribution in [0.2, 0.25) is 0 Å². The van der Waals surface area contributed by atoms with E-state index in [0.717, 1.165) is 25.9 Å². The summed E-state index contributed by atoms with van der Waals surface area (Å²) in [6, 6.07) is 9.16. The number of rotatable bonds is 5. The number of carbonyl (C=O) groups excluding carboxylic acids is 2. The lowest BCUT2D eigenvalue weighted by molar-refractivity contribution is -0.127. The van der Waals surface area contributed by atoms with Gasteiger partial charge in [-0.15, -0.1) is 0 Å². The molecule has 4 heteroatoms. The zero-order valence-corrected chi connectivity index (χ0v) is 10.4. The lowest BCUT2D eigenvalue weighted by Gasteiger charge is -2.15. The first-order valence-corrected chi connectivity index (χ1v) is 6.38. The van der Waals surface area contributed by atoms with Gasteiger partial charge in [0.1, 0.15) is 0 Å². The van der Waals surface area contributed by atoms with Gasteiger partial charge in [0.25, 0.3) is 5.91 Å². The van der Waals surface area contributed by atoms with Crippen molar-refractivity contribution in [3.8, 4) is 0 Å². The fraction of sp³-hybridized carbons (Fsp3) is 0.429.